The van der Waals surface area contributed by atoms with Crippen LogP contribution in [0.5, 0.6) is 0 Å². The lowest BCUT2D eigenvalue weighted by atomic mass is 10.1. The zero-order valence-electron chi connectivity index (χ0n) is 8.97. The molecule has 0 aliphatic rings. The van der Waals surface area contributed by atoms with Crippen molar-refractivity contribution in [3.63, 3.8) is 0 Å². The van der Waals surface area contributed by atoms with Gasteiger partial charge >= 0.3 is 0 Å². The maximum Gasteiger partial charge on any atom is 0 e. The number of hydrogen-bond acceptors (Lipinski definition) is 1. The van der Waals surface area contributed by atoms with Gasteiger partial charge in [0.25, 0.3) is 0 Å². The van der Waals surface area contributed by atoms with E-state index in [0.717, 1.165) is 0 Å². The van der Waals surface area contributed by atoms with E-state index in [1.807, 2.05) is 0 Å². The maximum absolute atomic E-state index is 2.26. The summed E-state index contributed by atoms with van der Waals surface area (Å²) in [7, 11) is 4.29. The Balaban J connectivity index is 0. The van der Waals surface area contributed by atoms with Crippen LogP contribution in [-0.2, 0) is 0 Å². The summed E-state index contributed by atoms with van der Waals surface area (Å²) in [5, 5.41) is 0. The predicted octanol–water partition coefficient (Wildman–Crippen LogP) is 2.53. The smallest absolute Gasteiger partial charge is 0 e. The second-order valence-electron chi connectivity index (χ2n) is 3.57. The molecule has 2 heteroatoms. The van der Waals surface area contributed by atoms with Gasteiger partial charge in [-0.25, -0.2) is 0 Å². The fraction of sp³-hybridized carbons (Fsp3) is 1.00. The van der Waals surface area contributed by atoms with Crippen LogP contribution in [0, 0.1) is 0 Å². The van der Waals surface area contributed by atoms with E-state index in [2.05, 4.69) is 25.9 Å². The Hall–Kier alpha value is 0.0249. The molecule has 0 atom stereocenters. The van der Waals surface area contributed by atoms with Crippen LogP contribution in [0.4, 0.5) is 0 Å². The van der Waals surface area contributed by atoms with Crippen molar-refractivity contribution < 1.29 is 0 Å². The Morgan fingerprint density at radius 3 is 1.83 bits per heavy atom. The third-order valence-corrected chi connectivity index (χ3v) is 1.96. The Bertz CT molecular complexity index is 74.2. The third-order valence-electron chi connectivity index (χ3n) is 1.96. The Labute approximate surface area is 80.1 Å². The molecule has 0 saturated carbocycles. The second-order valence-corrected chi connectivity index (χ2v) is 3.57. The van der Waals surface area contributed by atoms with Crippen LogP contribution in [0.1, 0.15) is 45.4 Å². The summed E-state index contributed by atoms with van der Waals surface area (Å²) < 4.78 is 0. The van der Waals surface area contributed by atoms with Crippen molar-refractivity contribution >= 4 is 8.41 Å². The first kappa shape index (κ1) is 14.5. The Morgan fingerprint density at radius 1 is 0.833 bits per heavy atom. The Morgan fingerprint density at radius 2 is 1.33 bits per heavy atom. The van der Waals surface area contributed by atoms with Crippen molar-refractivity contribution in [2.24, 2.45) is 0 Å². The molecular formula is C10H23BN. The van der Waals surface area contributed by atoms with Crippen LogP contribution < -0.4 is 0 Å². The molecule has 0 unspecified atom stereocenters. The van der Waals surface area contributed by atoms with Crippen molar-refractivity contribution in [3.8, 4) is 0 Å². The van der Waals surface area contributed by atoms with Gasteiger partial charge in [-0.1, -0.05) is 39.0 Å². The number of rotatable bonds is 7. The molecule has 0 spiro atoms. The summed E-state index contributed by atoms with van der Waals surface area (Å²) in [4.78, 5) is 2.26. The maximum atomic E-state index is 2.26. The number of unbranched alkanes of at least 4 members (excludes halogenated alkanes) is 5. The molecule has 0 heterocycles. The van der Waals surface area contributed by atoms with Crippen LogP contribution in [0.2, 0.25) is 0 Å². The summed E-state index contributed by atoms with van der Waals surface area (Å²) in [6.45, 7) is 3.52. The van der Waals surface area contributed by atoms with E-state index in [0.29, 0.717) is 0 Å². The topological polar surface area (TPSA) is 3.24 Å². The minimum Gasteiger partial charge on any atom is -0.309 e. The van der Waals surface area contributed by atoms with Crippen LogP contribution in [0.25, 0.3) is 0 Å². The lowest BCUT2D eigenvalue weighted by Crippen LogP contribution is -2.12. The molecule has 0 rings (SSSR count). The Kier molecular flexibility index (Phi) is 13.4. The molecule has 0 fully saturated rings. The minimum atomic E-state index is 0. The summed E-state index contributed by atoms with van der Waals surface area (Å²) in [5.74, 6) is 0. The quantitative estimate of drug-likeness (QED) is 0.417. The largest absolute Gasteiger partial charge is 0.309 e. The first-order chi connectivity index (χ1) is 5.27. The molecule has 12 heavy (non-hydrogen) atoms. The van der Waals surface area contributed by atoms with E-state index in [-0.39, 0.29) is 8.41 Å². The van der Waals surface area contributed by atoms with Gasteiger partial charge < -0.3 is 4.90 Å². The van der Waals surface area contributed by atoms with Crippen LogP contribution in [0.3, 0.4) is 0 Å². The van der Waals surface area contributed by atoms with E-state index in [4.69, 9.17) is 0 Å². The molecule has 0 aromatic heterocycles. The molecule has 0 saturated heterocycles. The molecule has 0 aliphatic heterocycles. The minimum absolute atomic E-state index is 0. The normalized spacial score (nSPS) is 10.0. The molecular weight excluding hydrogens is 145 g/mol. The summed E-state index contributed by atoms with van der Waals surface area (Å²) in [6, 6.07) is 0. The highest BCUT2D eigenvalue weighted by Crippen LogP contribution is 2.04. The highest BCUT2D eigenvalue weighted by atomic mass is 15.0. The van der Waals surface area contributed by atoms with Gasteiger partial charge in [0.1, 0.15) is 0 Å². The van der Waals surface area contributed by atoms with E-state index < -0.39 is 0 Å². The monoisotopic (exact) mass is 168 g/mol. The van der Waals surface area contributed by atoms with Gasteiger partial charge in [-0.3, -0.25) is 0 Å². The van der Waals surface area contributed by atoms with Crippen molar-refractivity contribution in [1.29, 1.82) is 0 Å². The van der Waals surface area contributed by atoms with Gasteiger partial charge in [0.05, 0.1) is 0 Å². The van der Waals surface area contributed by atoms with Gasteiger partial charge in [-0.15, -0.1) is 0 Å². The molecule has 3 radical (unpaired) electrons. The average molecular weight is 168 g/mol. The predicted molar refractivity (Wildman–Crippen MR) is 57.7 cm³/mol. The fourth-order valence-electron chi connectivity index (χ4n) is 1.21. The van der Waals surface area contributed by atoms with Crippen molar-refractivity contribution in [2.45, 2.75) is 45.4 Å². The summed E-state index contributed by atoms with van der Waals surface area (Å²) >= 11 is 0. The fourth-order valence-corrected chi connectivity index (χ4v) is 1.21. The van der Waals surface area contributed by atoms with Crippen molar-refractivity contribution in [2.75, 3.05) is 20.6 Å². The first-order valence-corrected chi connectivity index (χ1v) is 4.92. The van der Waals surface area contributed by atoms with E-state index >= 15 is 0 Å². The summed E-state index contributed by atoms with van der Waals surface area (Å²) in [6.07, 6.45) is 8.43. The van der Waals surface area contributed by atoms with Gasteiger partial charge in [0.2, 0.25) is 0 Å². The van der Waals surface area contributed by atoms with E-state index in [1.54, 1.807) is 0 Å². The van der Waals surface area contributed by atoms with E-state index in [1.165, 1.54) is 45.1 Å². The molecule has 0 aliphatic carbocycles. The number of hydrogen-bond donors (Lipinski definition) is 0. The molecule has 1 nitrogen and oxygen atoms in total. The SMILES string of the molecule is CCCCCCCCN(C)C.[B]. The van der Waals surface area contributed by atoms with Crippen LogP contribution in [0.15, 0.2) is 0 Å². The molecule has 0 amide bonds. The molecule has 71 valence electrons. The highest BCUT2D eigenvalue weighted by molar-refractivity contribution is 5.75. The zero-order valence-corrected chi connectivity index (χ0v) is 8.97. The summed E-state index contributed by atoms with van der Waals surface area (Å²) in [5.41, 5.74) is 0. The lowest BCUT2D eigenvalue weighted by Gasteiger charge is -2.08. The van der Waals surface area contributed by atoms with Gasteiger partial charge in [-0.2, -0.15) is 0 Å². The van der Waals surface area contributed by atoms with Crippen molar-refractivity contribution in [3.05, 3.63) is 0 Å². The standard InChI is InChI=1S/C10H23N.B/c1-4-5-6-7-8-9-10-11(2)3;/h4-10H2,1-3H3;. The molecule has 0 aromatic rings. The van der Waals surface area contributed by atoms with Gasteiger partial charge in [0, 0.05) is 8.41 Å². The van der Waals surface area contributed by atoms with E-state index in [9.17, 15) is 0 Å². The molecule has 0 N–H and O–H groups in total. The second kappa shape index (κ2) is 11.0. The molecule has 0 bridgehead atoms. The number of nitrogens with zero attached hydrogens (tertiary/aromatic N) is 1. The third kappa shape index (κ3) is 12.7. The first-order valence-electron chi connectivity index (χ1n) is 4.92. The zero-order chi connectivity index (χ0) is 8.53. The highest BCUT2D eigenvalue weighted by Gasteiger charge is 1.90. The van der Waals surface area contributed by atoms with Gasteiger partial charge in [0.15, 0.2) is 0 Å². The van der Waals surface area contributed by atoms with Crippen molar-refractivity contribution in [1.82, 2.24) is 4.90 Å². The average Bonchev–Trinajstić information content (AvgIpc) is 1.96. The lowest BCUT2D eigenvalue weighted by molar-refractivity contribution is 0.389. The van der Waals surface area contributed by atoms with Crippen LogP contribution in [-0.4, -0.2) is 34.0 Å². The van der Waals surface area contributed by atoms with Gasteiger partial charge in [-0.05, 0) is 27.1 Å². The van der Waals surface area contributed by atoms with Crippen LogP contribution >= 0.6 is 0 Å². The molecule has 0 aromatic carbocycles.